The average Bonchev–Trinajstić information content (AvgIpc) is 1.96. The summed E-state index contributed by atoms with van der Waals surface area (Å²) in [5, 5.41) is 17.1. The molecule has 1 atom stereocenters. The molecule has 62 valence electrons. The van der Waals surface area contributed by atoms with Crippen LogP contribution in [0, 0.1) is 11.8 Å². The Hall–Kier alpha value is -0.780. The van der Waals surface area contributed by atoms with Crippen LogP contribution in [0.2, 0.25) is 0 Å². The number of hydrogen-bond acceptors (Lipinski definition) is 2. The highest BCUT2D eigenvalue weighted by molar-refractivity contribution is 5.15. The molecule has 0 bridgehead atoms. The van der Waals surface area contributed by atoms with Crippen molar-refractivity contribution >= 4 is 0 Å². The standard InChI is InChI=1S/C9H14O2/c1-9(11)7-5-3-2-4-6-8-10/h5,7,9-11H,4,6,8H2,1H3/b7-5+. The zero-order valence-corrected chi connectivity index (χ0v) is 6.75. The molecule has 0 aliphatic heterocycles. The van der Waals surface area contributed by atoms with E-state index in [1.807, 2.05) is 0 Å². The summed E-state index contributed by atoms with van der Waals surface area (Å²) in [5.74, 6) is 5.58. The van der Waals surface area contributed by atoms with E-state index in [1.165, 1.54) is 0 Å². The first kappa shape index (κ1) is 10.2. The van der Waals surface area contributed by atoms with Gasteiger partial charge in [0.05, 0.1) is 6.10 Å². The first-order valence-electron chi connectivity index (χ1n) is 3.71. The van der Waals surface area contributed by atoms with Gasteiger partial charge in [-0.2, -0.15) is 0 Å². The Bertz CT molecular complexity index is 160. The third-order valence-electron chi connectivity index (χ3n) is 1.02. The Kier molecular flexibility index (Phi) is 6.81. The largest absolute Gasteiger partial charge is 0.396 e. The van der Waals surface area contributed by atoms with E-state index in [2.05, 4.69) is 11.8 Å². The Labute approximate surface area is 67.6 Å². The van der Waals surface area contributed by atoms with E-state index in [-0.39, 0.29) is 6.61 Å². The smallest absolute Gasteiger partial charge is 0.0701 e. The van der Waals surface area contributed by atoms with Crippen LogP contribution in [0.25, 0.3) is 0 Å². The first-order valence-corrected chi connectivity index (χ1v) is 3.71. The molecule has 0 fully saturated rings. The monoisotopic (exact) mass is 154 g/mol. The lowest BCUT2D eigenvalue weighted by molar-refractivity contribution is 0.244. The minimum Gasteiger partial charge on any atom is -0.396 e. The number of allylic oxidation sites excluding steroid dienone is 1. The summed E-state index contributed by atoms with van der Waals surface area (Å²) in [6, 6.07) is 0. The van der Waals surface area contributed by atoms with Crippen LogP contribution in [0.4, 0.5) is 0 Å². The molecule has 11 heavy (non-hydrogen) atoms. The first-order chi connectivity index (χ1) is 5.27. The molecule has 0 aliphatic carbocycles. The molecule has 0 rings (SSSR count). The van der Waals surface area contributed by atoms with E-state index in [9.17, 15) is 0 Å². The van der Waals surface area contributed by atoms with E-state index in [0.29, 0.717) is 6.42 Å². The van der Waals surface area contributed by atoms with Gasteiger partial charge in [-0.1, -0.05) is 11.8 Å². The van der Waals surface area contributed by atoms with Crippen molar-refractivity contribution < 1.29 is 10.2 Å². The second-order valence-electron chi connectivity index (χ2n) is 2.25. The number of unbranched alkanes of at least 4 members (excludes halogenated alkanes) is 1. The lowest BCUT2D eigenvalue weighted by atomic mass is 10.3. The van der Waals surface area contributed by atoms with Crippen molar-refractivity contribution in [3.8, 4) is 11.8 Å². The molecule has 0 heterocycles. The fourth-order valence-corrected chi connectivity index (χ4v) is 0.486. The van der Waals surface area contributed by atoms with Crippen molar-refractivity contribution in [1.29, 1.82) is 0 Å². The maximum Gasteiger partial charge on any atom is 0.0701 e. The van der Waals surface area contributed by atoms with Gasteiger partial charge in [0.1, 0.15) is 0 Å². The average molecular weight is 154 g/mol. The zero-order chi connectivity index (χ0) is 8.53. The Morgan fingerprint density at radius 1 is 1.55 bits per heavy atom. The number of hydrogen-bond donors (Lipinski definition) is 2. The highest BCUT2D eigenvalue weighted by Gasteiger charge is 1.80. The molecule has 2 nitrogen and oxygen atoms in total. The van der Waals surface area contributed by atoms with Gasteiger partial charge in [0, 0.05) is 13.0 Å². The quantitative estimate of drug-likeness (QED) is 0.464. The molecule has 0 aliphatic rings. The molecule has 0 radical (unpaired) electrons. The highest BCUT2D eigenvalue weighted by atomic mass is 16.3. The SMILES string of the molecule is CC(O)/C=C/C#CCCCO. The van der Waals surface area contributed by atoms with Crippen LogP contribution >= 0.6 is 0 Å². The molecular formula is C9H14O2. The van der Waals surface area contributed by atoms with Crippen LogP contribution in [0.5, 0.6) is 0 Å². The third-order valence-corrected chi connectivity index (χ3v) is 1.02. The summed E-state index contributed by atoms with van der Waals surface area (Å²) < 4.78 is 0. The summed E-state index contributed by atoms with van der Waals surface area (Å²) in [6.45, 7) is 1.86. The van der Waals surface area contributed by atoms with E-state index >= 15 is 0 Å². The van der Waals surface area contributed by atoms with Crippen LogP contribution in [0.1, 0.15) is 19.8 Å². The molecule has 1 unspecified atom stereocenters. The van der Waals surface area contributed by atoms with Crippen molar-refractivity contribution in [3.63, 3.8) is 0 Å². The number of aliphatic hydroxyl groups excluding tert-OH is 2. The van der Waals surface area contributed by atoms with Crippen molar-refractivity contribution in [2.75, 3.05) is 6.61 Å². The lowest BCUT2D eigenvalue weighted by Crippen LogP contribution is -1.90. The van der Waals surface area contributed by atoms with Crippen LogP contribution < -0.4 is 0 Å². The molecule has 0 aromatic carbocycles. The van der Waals surface area contributed by atoms with Gasteiger partial charge in [-0.25, -0.2) is 0 Å². The maximum atomic E-state index is 8.76. The Balaban J connectivity index is 3.39. The molecule has 0 saturated carbocycles. The maximum absolute atomic E-state index is 8.76. The molecule has 0 aromatic heterocycles. The topological polar surface area (TPSA) is 40.5 Å². The van der Waals surface area contributed by atoms with Gasteiger partial charge >= 0.3 is 0 Å². The predicted octanol–water partition coefficient (Wildman–Crippen LogP) is 0.699. The van der Waals surface area contributed by atoms with Gasteiger partial charge in [0.2, 0.25) is 0 Å². The van der Waals surface area contributed by atoms with E-state index in [0.717, 1.165) is 6.42 Å². The molecule has 0 aromatic rings. The molecule has 0 saturated heterocycles. The minimum absolute atomic E-state index is 0.189. The molecule has 2 heteroatoms. The van der Waals surface area contributed by atoms with Gasteiger partial charge in [-0.15, -0.1) is 0 Å². The van der Waals surface area contributed by atoms with Gasteiger partial charge in [-0.05, 0) is 25.5 Å². The van der Waals surface area contributed by atoms with E-state index in [1.54, 1.807) is 19.1 Å². The summed E-state index contributed by atoms with van der Waals surface area (Å²) in [4.78, 5) is 0. The highest BCUT2D eigenvalue weighted by Crippen LogP contribution is 1.84. The lowest BCUT2D eigenvalue weighted by Gasteiger charge is -1.87. The fraction of sp³-hybridized carbons (Fsp3) is 0.556. The molecule has 2 N–H and O–H groups in total. The fourth-order valence-electron chi connectivity index (χ4n) is 0.486. The number of rotatable bonds is 3. The van der Waals surface area contributed by atoms with Crippen LogP contribution in [0.15, 0.2) is 12.2 Å². The van der Waals surface area contributed by atoms with Crippen molar-refractivity contribution in [2.45, 2.75) is 25.9 Å². The minimum atomic E-state index is -0.429. The normalized spacial score (nSPS) is 12.6. The van der Waals surface area contributed by atoms with Gasteiger partial charge in [0.15, 0.2) is 0 Å². The van der Waals surface area contributed by atoms with Crippen molar-refractivity contribution in [1.82, 2.24) is 0 Å². The van der Waals surface area contributed by atoms with Gasteiger partial charge in [0.25, 0.3) is 0 Å². The Morgan fingerprint density at radius 2 is 2.27 bits per heavy atom. The summed E-state index contributed by atoms with van der Waals surface area (Å²) in [5.41, 5.74) is 0. The second-order valence-corrected chi connectivity index (χ2v) is 2.25. The van der Waals surface area contributed by atoms with Crippen molar-refractivity contribution in [2.24, 2.45) is 0 Å². The number of aliphatic hydroxyl groups is 2. The molecular weight excluding hydrogens is 140 g/mol. The van der Waals surface area contributed by atoms with Crippen LogP contribution in [-0.2, 0) is 0 Å². The second kappa shape index (κ2) is 7.33. The van der Waals surface area contributed by atoms with Crippen LogP contribution in [-0.4, -0.2) is 22.9 Å². The van der Waals surface area contributed by atoms with Crippen molar-refractivity contribution in [3.05, 3.63) is 12.2 Å². The summed E-state index contributed by atoms with van der Waals surface area (Å²) in [7, 11) is 0. The third kappa shape index (κ3) is 9.22. The molecule has 0 spiro atoms. The summed E-state index contributed by atoms with van der Waals surface area (Å²) in [6.07, 6.45) is 4.24. The Morgan fingerprint density at radius 3 is 2.82 bits per heavy atom. The predicted molar refractivity (Wildman–Crippen MR) is 44.9 cm³/mol. The zero-order valence-electron chi connectivity index (χ0n) is 6.75. The van der Waals surface area contributed by atoms with E-state index < -0.39 is 6.10 Å². The molecule has 0 amide bonds. The van der Waals surface area contributed by atoms with Gasteiger partial charge < -0.3 is 10.2 Å². The van der Waals surface area contributed by atoms with E-state index in [4.69, 9.17) is 10.2 Å². The van der Waals surface area contributed by atoms with Crippen LogP contribution in [0.3, 0.4) is 0 Å². The summed E-state index contributed by atoms with van der Waals surface area (Å²) >= 11 is 0. The van der Waals surface area contributed by atoms with Gasteiger partial charge in [-0.3, -0.25) is 0 Å².